The van der Waals surface area contributed by atoms with E-state index in [1.807, 2.05) is 0 Å². The summed E-state index contributed by atoms with van der Waals surface area (Å²) in [5, 5.41) is 22.9. The number of benzene rings is 2. The van der Waals surface area contributed by atoms with Crippen molar-refractivity contribution in [2.75, 3.05) is 33.4 Å². The number of ketones is 1. The molecule has 1 unspecified atom stereocenters. The molecule has 3 rings (SSSR count). The van der Waals surface area contributed by atoms with E-state index in [-0.39, 0.29) is 24.5 Å². The first-order valence-corrected chi connectivity index (χ1v) is 9.38. The second-order valence-corrected chi connectivity index (χ2v) is 6.57. The molecule has 0 saturated carbocycles. The van der Waals surface area contributed by atoms with Gasteiger partial charge in [-0.1, -0.05) is 48.5 Å². The number of aliphatic hydroxyl groups is 2. The number of rotatable bonds is 8. The molecule has 1 atom stereocenters. The van der Waals surface area contributed by atoms with Gasteiger partial charge in [-0.3, -0.25) is 9.59 Å². The van der Waals surface area contributed by atoms with Crippen LogP contribution in [0.4, 0.5) is 0 Å². The average Bonchev–Trinajstić information content (AvgIpc) is 3.01. The van der Waals surface area contributed by atoms with Crippen LogP contribution < -0.4 is 10.1 Å². The van der Waals surface area contributed by atoms with Crippen molar-refractivity contribution in [3.63, 3.8) is 0 Å². The molecule has 3 N–H and O–H groups in total. The van der Waals surface area contributed by atoms with Crippen molar-refractivity contribution in [2.45, 2.75) is 6.04 Å². The standard InChI is InChI=1S/C22H24N2O5/c1-29-17-10-6-5-9-16(17)19-18(20(26)15-7-3-2-4-8-15)21(27)22(28)24(19)13-11-23-12-14-25/h2-10,19,23,25-26H,11-14H2,1H3/b20-18-. The van der Waals surface area contributed by atoms with Crippen LogP contribution in [-0.4, -0.2) is 60.2 Å². The molecule has 7 heteroatoms. The zero-order chi connectivity index (χ0) is 20.8. The molecule has 152 valence electrons. The molecule has 7 nitrogen and oxygen atoms in total. The fourth-order valence-electron chi connectivity index (χ4n) is 3.48. The molecule has 1 saturated heterocycles. The number of likely N-dealkylation sites (tertiary alicyclic amines) is 1. The van der Waals surface area contributed by atoms with E-state index in [2.05, 4.69) is 5.32 Å². The lowest BCUT2D eigenvalue weighted by atomic mass is 9.94. The molecule has 1 amide bonds. The van der Waals surface area contributed by atoms with Gasteiger partial charge in [0.1, 0.15) is 11.5 Å². The SMILES string of the molecule is COc1ccccc1C1/C(=C(/O)c2ccccc2)C(=O)C(=O)N1CCNCCO. The van der Waals surface area contributed by atoms with Crippen molar-refractivity contribution >= 4 is 17.4 Å². The highest BCUT2D eigenvalue weighted by molar-refractivity contribution is 6.46. The molecule has 0 bridgehead atoms. The molecular formula is C22H24N2O5. The average molecular weight is 396 g/mol. The van der Waals surface area contributed by atoms with Crippen LogP contribution >= 0.6 is 0 Å². The molecule has 0 aliphatic carbocycles. The number of Topliss-reactive ketones (excluding diaryl/α,β-unsaturated/α-hetero) is 1. The molecule has 29 heavy (non-hydrogen) atoms. The van der Waals surface area contributed by atoms with Crippen molar-refractivity contribution in [1.29, 1.82) is 0 Å². The van der Waals surface area contributed by atoms with Gasteiger partial charge in [0.2, 0.25) is 0 Å². The third-order valence-electron chi connectivity index (χ3n) is 4.84. The Morgan fingerprint density at radius 3 is 2.45 bits per heavy atom. The lowest BCUT2D eigenvalue weighted by molar-refractivity contribution is -0.139. The summed E-state index contributed by atoms with van der Waals surface area (Å²) in [6, 6.07) is 15.0. The molecule has 1 aliphatic rings. The summed E-state index contributed by atoms with van der Waals surface area (Å²) in [5.41, 5.74) is 1.12. The van der Waals surface area contributed by atoms with Crippen LogP contribution in [0.15, 0.2) is 60.2 Å². The number of carbonyl (C=O) groups is 2. The lowest BCUT2D eigenvalue weighted by Crippen LogP contribution is -2.36. The summed E-state index contributed by atoms with van der Waals surface area (Å²) < 4.78 is 5.45. The van der Waals surface area contributed by atoms with E-state index in [0.29, 0.717) is 30.0 Å². The van der Waals surface area contributed by atoms with Gasteiger partial charge in [-0.2, -0.15) is 0 Å². The Balaban J connectivity index is 2.10. The van der Waals surface area contributed by atoms with E-state index in [0.717, 1.165) is 0 Å². The van der Waals surface area contributed by atoms with Crippen LogP contribution in [0.2, 0.25) is 0 Å². The zero-order valence-corrected chi connectivity index (χ0v) is 16.2. The molecule has 0 radical (unpaired) electrons. The minimum Gasteiger partial charge on any atom is -0.507 e. The minimum atomic E-state index is -0.776. The summed E-state index contributed by atoms with van der Waals surface area (Å²) in [6.07, 6.45) is 0. The predicted octanol–water partition coefficient (Wildman–Crippen LogP) is 1.70. The molecule has 0 spiro atoms. The van der Waals surface area contributed by atoms with Crippen molar-refractivity contribution in [2.24, 2.45) is 0 Å². The maximum absolute atomic E-state index is 12.9. The second-order valence-electron chi connectivity index (χ2n) is 6.57. The van der Waals surface area contributed by atoms with Gasteiger partial charge in [-0.05, 0) is 6.07 Å². The van der Waals surface area contributed by atoms with Gasteiger partial charge >= 0.3 is 0 Å². The number of nitrogens with one attached hydrogen (secondary N) is 1. The van der Waals surface area contributed by atoms with Crippen LogP contribution in [0.5, 0.6) is 5.75 Å². The second kappa shape index (κ2) is 9.36. The number of amides is 1. The molecule has 2 aromatic carbocycles. The Labute approximate surface area is 169 Å². The number of carbonyl (C=O) groups excluding carboxylic acids is 2. The van der Waals surface area contributed by atoms with Gasteiger partial charge in [-0.25, -0.2) is 0 Å². The lowest BCUT2D eigenvalue weighted by Gasteiger charge is -2.26. The molecular weight excluding hydrogens is 372 g/mol. The van der Waals surface area contributed by atoms with E-state index >= 15 is 0 Å². The maximum atomic E-state index is 12.9. The Morgan fingerprint density at radius 1 is 1.07 bits per heavy atom. The predicted molar refractivity (Wildman–Crippen MR) is 108 cm³/mol. The number of hydrogen-bond acceptors (Lipinski definition) is 6. The van der Waals surface area contributed by atoms with Crippen molar-refractivity contribution < 1.29 is 24.5 Å². The zero-order valence-electron chi connectivity index (χ0n) is 16.2. The number of aliphatic hydroxyl groups excluding tert-OH is 2. The van der Waals surface area contributed by atoms with E-state index in [4.69, 9.17) is 9.84 Å². The normalized spacial score (nSPS) is 18.3. The van der Waals surface area contributed by atoms with Gasteiger partial charge in [0.15, 0.2) is 0 Å². The van der Waals surface area contributed by atoms with Crippen molar-refractivity contribution in [3.05, 3.63) is 71.3 Å². The van der Waals surface area contributed by atoms with Crippen molar-refractivity contribution in [3.8, 4) is 5.75 Å². The van der Waals surface area contributed by atoms with Gasteiger partial charge in [-0.15, -0.1) is 0 Å². The topological polar surface area (TPSA) is 99.1 Å². The van der Waals surface area contributed by atoms with E-state index in [1.54, 1.807) is 54.6 Å². The summed E-state index contributed by atoms with van der Waals surface area (Å²) >= 11 is 0. The van der Waals surface area contributed by atoms with E-state index in [1.165, 1.54) is 12.0 Å². The molecule has 0 aromatic heterocycles. The Hall–Kier alpha value is -3.16. The Morgan fingerprint density at radius 2 is 1.76 bits per heavy atom. The van der Waals surface area contributed by atoms with Crippen LogP contribution in [-0.2, 0) is 9.59 Å². The van der Waals surface area contributed by atoms with E-state index < -0.39 is 17.7 Å². The first-order valence-electron chi connectivity index (χ1n) is 9.38. The summed E-state index contributed by atoms with van der Waals surface area (Å²) in [6.45, 7) is 0.986. The Kier molecular flexibility index (Phi) is 6.64. The number of nitrogens with zero attached hydrogens (tertiary/aromatic N) is 1. The van der Waals surface area contributed by atoms with Gasteiger partial charge in [0, 0.05) is 30.8 Å². The number of ether oxygens (including phenoxy) is 1. The maximum Gasteiger partial charge on any atom is 0.295 e. The third-order valence-corrected chi connectivity index (χ3v) is 4.84. The van der Waals surface area contributed by atoms with Crippen LogP contribution in [0.1, 0.15) is 17.2 Å². The highest BCUT2D eigenvalue weighted by Gasteiger charge is 2.46. The first kappa shape index (κ1) is 20.6. The number of methoxy groups -OCH3 is 1. The van der Waals surface area contributed by atoms with Gasteiger partial charge < -0.3 is 25.2 Å². The molecule has 1 aliphatic heterocycles. The molecule has 1 heterocycles. The monoisotopic (exact) mass is 396 g/mol. The largest absolute Gasteiger partial charge is 0.507 e. The highest BCUT2D eigenvalue weighted by Crippen LogP contribution is 2.42. The quantitative estimate of drug-likeness (QED) is 0.272. The number of para-hydroxylation sites is 1. The summed E-state index contributed by atoms with van der Waals surface area (Å²) in [7, 11) is 1.52. The fourth-order valence-corrected chi connectivity index (χ4v) is 3.48. The highest BCUT2D eigenvalue weighted by atomic mass is 16.5. The van der Waals surface area contributed by atoms with Crippen LogP contribution in [0.3, 0.4) is 0 Å². The third kappa shape index (κ3) is 4.16. The van der Waals surface area contributed by atoms with Crippen LogP contribution in [0, 0.1) is 0 Å². The Bertz CT molecular complexity index is 910. The summed E-state index contributed by atoms with van der Waals surface area (Å²) in [4.78, 5) is 27.1. The van der Waals surface area contributed by atoms with Gasteiger partial charge in [0.25, 0.3) is 11.7 Å². The fraction of sp³-hybridized carbons (Fsp3) is 0.273. The molecule has 2 aromatic rings. The minimum absolute atomic E-state index is 0.0250. The smallest absolute Gasteiger partial charge is 0.295 e. The molecule has 1 fully saturated rings. The first-order chi connectivity index (χ1) is 14.1. The van der Waals surface area contributed by atoms with Gasteiger partial charge in [0.05, 0.1) is 25.3 Å². The number of hydrogen-bond donors (Lipinski definition) is 3. The van der Waals surface area contributed by atoms with E-state index in [9.17, 15) is 14.7 Å². The summed E-state index contributed by atoms with van der Waals surface area (Å²) in [5.74, 6) is -1.11. The van der Waals surface area contributed by atoms with Crippen LogP contribution in [0.25, 0.3) is 5.76 Å². The van der Waals surface area contributed by atoms with Crippen molar-refractivity contribution in [1.82, 2.24) is 10.2 Å².